The van der Waals surface area contributed by atoms with Crippen LogP contribution in [0.1, 0.15) is 42.0 Å². The van der Waals surface area contributed by atoms with Crippen LogP contribution in [0.25, 0.3) is 0 Å². The van der Waals surface area contributed by atoms with E-state index in [9.17, 15) is 8.78 Å². The minimum atomic E-state index is -0.791. The van der Waals surface area contributed by atoms with E-state index in [1.165, 1.54) is 24.3 Å². The summed E-state index contributed by atoms with van der Waals surface area (Å²) in [6.07, 6.45) is 1.56. The van der Waals surface area contributed by atoms with Gasteiger partial charge in [-0.05, 0) is 59.4 Å². The lowest BCUT2D eigenvalue weighted by molar-refractivity contribution is -0.458. The predicted octanol–water partition coefficient (Wildman–Crippen LogP) is 5.84. The quantitative estimate of drug-likeness (QED) is 0.533. The van der Waals surface area contributed by atoms with Crippen molar-refractivity contribution in [2.45, 2.75) is 31.0 Å². The molecule has 3 aromatic rings. The van der Waals surface area contributed by atoms with Gasteiger partial charge in [-0.25, -0.2) is 18.6 Å². The Hall–Kier alpha value is -2.56. The third-order valence-corrected chi connectivity index (χ3v) is 6.26. The summed E-state index contributed by atoms with van der Waals surface area (Å²) in [5.74, 6) is -0.449. The molecule has 1 fully saturated rings. The second-order valence-electron chi connectivity index (χ2n) is 7.60. The van der Waals surface area contributed by atoms with Crippen LogP contribution in [0.2, 0.25) is 0 Å². The van der Waals surface area contributed by atoms with Gasteiger partial charge < -0.3 is 0 Å². The molecular formula is C24H20F2O2. The Balaban J connectivity index is 1.77. The van der Waals surface area contributed by atoms with Crippen molar-refractivity contribution in [3.05, 3.63) is 107 Å². The lowest BCUT2D eigenvalue weighted by atomic mass is 9.60. The Morgan fingerprint density at radius 2 is 1.36 bits per heavy atom. The highest BCUT2D eigenvalue weighted by Crippen LogP contribution is 2.61. The van der Waals surface area contributed by atoms with Crippen molar-refractivity contribution >= 4 is 0 Å². The minimum Gasteiger partial charge on any atom is -0.219 e. The highest BCUT2D eigenvalue weighted by molar-refractivity contribution is 5.52. The summed E-state index contributed by atoms with van der Waals surface area (Å²) in [5, 5.41) is 0. The maximum atomic E-state index is 13.6. The van der Waals surface area contributed by atoms with Crippen molar-refractivity contribution < 1.29 is 18.6 Å². The van der Waals surface area contributed by atoms with Gasteiger partial charge in [-0.1, -0.05) is 55.5 Å². The maximum Gasteiger partial charge on any atom is 0.157 e. The molecule has 142 valence electrons. The molecule has 1 saturated heterocycles. The van der Waals surface area contributed by atoms with Gasteiger partial charge in [0.2, 0.25) is 0 Å². The lowest BCUT2D eigenvalue weighted by Crippen LogP contribution is -2.57. The molecule has 2 nitrogen and oxygen atoms in total. The van der Waals surface area contributed by atoms with Gasteiger partial charge in [-0.3, -0.25) is 0 Å². The summed E-state index contributed by atoms with van der Waals surface area (Å²) in [6.45, 7) is 2.13. The van der Waals surface area contributed by atoms with Gasteiger partial charge in [0, 0.05) is 5.92 Å². The Labute approximate surface area is 162 Å². The van der Waals surface area contributed by atoms with E-state index in [1.807, 2.05) is 18.2 Å². The summed E-state index contributed by atoms with van der Waals surface area (Å²) in [7, 11) is 0. The molecule has 0 amide bonds. The summed E-state index contributed by atoms with van der Waals surface area (Å²) < 4.78 is 27.1. The van der Waals surface area contributed by atoms with E-state index < -0.39 is 11.2 Å². The van der Waals surface area contributed by atoms with Gasteiger partial charge >= 0.3 is 0 Å². The fourth-order valence-corrected chi connectivity index (χ4v) is 4.92. The molecule has 0 spiro atoms. The molecule has 3 aromatic carbocycles. The molecule has 28 heavy (non-hydrogen) atoms. The molecule has 2 bridgehead atoms. The molecular weight excluding hydrogens is 358 g/mol. The van der Waals surface area contributed by atoms with Gasteiger partial charge in [0.1, 0.15) is 11.6 Å². The van der Waals surface area contributed by atoms with Crippen molar-refractivity contribution in [2.75, 3.05) is 0 Å². The summed E-state index contributed by atoms with van der Waals surface area (Å²) in [4.78, 5) is 12.3. The van der Waals surface area contributed by atoms with Crippen LogP contribution < -0.4 is 0 Å². The standard InChI is InChI=1S/C24H20F2O2/c1-2-16-15-23(17-7-11-19(25)12-8-17)21-5-3-4-6-22(21)24(16,28-27-23)18-9-13-20(26)14-10-18/h3-14,16H,2,15H2,1H3/t16?,23-,24+/m0/s1. The van der Waals surface area contributed by atoms with Gasteiger partial charge in [-0.2, -0.15) is 0 Å². The van der Waals surface area contributed by atoms with Gasteiger partial charge in [-0.15, -0.1) is 0 Å². The molecule has 3 atom stereocenters. The van der Waals surface area contributed by atoms with Crippen LogP contribution in [0, 0.1) is 17.6 Å². The minimum absolute atomic E-state index is 0.117. The zero-order valence-electron chi connectivity index (χ0n) is 15.5. The molecule has 3 aliphatic rings. The molecule has 0 aromatic heterocycles. The number of rotatable bonds is 3. The van der Waals surface area contributed by atoms with Crippen LogP contribution in [0.15, 0.2) is 72.8 Å². The van der Waals surface area contributed by atoms with E-state index in [0.717, 1.165) is 28.7 Å². The zero-order valence-corrected chi connectivity index (χ0v) is 15.5. The maximum absolute atomic E-state index is 13.6. The Morgan fingerprint density at radius 1 is 0.786 bits per heavy atom. The van der Waals surface area contributed by atoms with E-state index in [1.54, 1.807) is 24.3 Å². The van der Waals surface area contributed by atoms with Crippen LogP contribution in [-0.2, 0) is 21.0 Å². The fraction of sp³-hybridized carbons (Fsp3) is 0.250. The number of hydrogen-bond acceptors (Lipinski definition) is 2. The van der Waals surface area contributed by atoms with E-state index >= 15 is 0 Å². The van der Waals surface area contributed by atoms with Crippen LogP contribution in [0.4, 0.5) is 8.78 Å². The summed E-state index contributed by atoms with van der Waals surface area (Å²) in [5.41, 5.74) is 2.21. The van der Waals surface area contributed by atoms with Gasteiger partial charge in [0.15, 0.2) is 11.2 Å². The molecule has 2 heterocycles. The third-order valence-electron chi connectivity index (χ3n) is 6.26. The molecule has 1 unspecified atom stereocenters. The average Bonchev–Trinajstić information content (AvgIpc) is 2.75. The number of hydrogen-bond donors (Lipinski definition) is 0. The Morgan fingerprint density at radius 3 is 1.96 bits per heavy atom. The number of fused-ring (bicyclic) bond motifs is 2. The molecule has 2 aliphatic heterocycles. The van der Waals surface area contributed by atoms with Crippen molar-refractivity contribution in [3.63, 3.8) is 0 Å². The van der Waals surface area contributed by atoms with E-state index in [2.05, 4.69) is 13.0 Å². The summed E-state index contributed by atoms with van der Waals surface area (Å²) >= 11 is 0. The van der Waals surface area contributed by atoms with Crippen molar-refractivity contribution in [2.24, 2.45) is 5.92 Å². The molecule has 4 heteroatoms. The van der Waals surface area contributed by atoms with Crippen LogP contribution in [0.5, 0.6) is 0 Å². The first-order valence-corrected chi connectivity index (χ1v) is 9.59. The molecule has 0 saturated carbocycles. The van der Waals surface area contributed by atoms with E-state index in [0.29, 0.717) is 6.42 Å². The molecule has 6 rings (SSSR count). The Bertz CT molecular complexity index is 1020. The zero-order chi connectivity index (χ0) is 19.4. The number of halogens is 2. The van der Waals surface area contributed by atoms with E-state index in [4.69, 9.17) is 9.78 Å². The fourth-order valence-electron chi connectivity index (χ4n) is 4.92. The van der Waals surface area contributed by atoms with Crippen LogP contribution in [0.3, 0.4) is 0 Å². The molecule has 1 aliphatic carbocycles. The first-order chi connectivity index (χ1) is 13.6. The first-order valence-electron chi connectivity index (χ1n) is 9.59. The third kappa shape index (κ3) is 2.25. The summed E-state index contributed by atoms with van der Waals surface area (Å²) in [6, 6.07) is 21.0. The largest absolute Gasteiger partial charge is 0.219 e. The van der Waals surface area contributed by atoms with E-state index in [-0.39, 0.29) is 17.6 Å². The smallest absolute Gasteiger partial charge is 0.157 e. The highest BCUT2D eigenvalue weighted by Gasteiger charge is 2.61. The van der Waals surface area contributed by atoms with Crippen molar-refractivity contribution in [1.29, 1.82) is 0 Å². The lowest BCUT2D eigenvalue weighted by Gasteiger charge is -2.56. The predicted molar refractivity (Wildman–Crippen MR) is 101 cm³/mol. The monoisotopic (exact) mass is 378 g/mol. The molecule has 0 radical (unpaired) electrons. The molecule has 0 N–H and O–H groups in total. The van der Waals surface area contributed by atoms with Crippen LogP contribution in [-0.4, -0.2) is 0 Å². The second kappa shape index (κ2) is 6.23. The van der Waals surface area contributed by atoms with Gasteiger partial charge in [0.05, 0.1) is 0 Å². The average molecular weight is 378 g/mol. The second-order valence-corrected chi connectivity index (χ2v) is 7.60. The Kier molecular flexibility index (Phi) is 3.90. The SMILES string of the molecule is CCC1C[C@@]2(c3ccc(F)cc3)OO[C@]1(c1ccc(F)cc1)c1ccccc12. The van der Waals surface area contributed by atoms with Gasteiger partial charge in [0.25, 0.3) is 0 Å². The first kappa shape index (κ1) is 17.5. The normalized spacial score (nSPS) is 28.2. The number of benzene rings is 3. The van der Waals surface area contributed by atoms with Crippen molar-refractivity contribution in [3.8, 4) is 0 Å². The highest BCUT2D eigenvalue weighted by atomic mass is 19.1. The topological polar surface area (TPSA) is 18.5 Å². The van der Waals surface area contributed by atoms with Crippen molar-refractivity contribution in [1.82, 2.24) is 0 Å². The van der Waals surface area contributed by atoms with Crippen LogP contribution >= 0.6 is 0 Å².